The monoisotopic (exact) mass is 762 g/mol. The fraction of sp³-hybridized carbons (Fsp3) is 0.895. The van der Waals surface area contributed by atoms with Gasteiger partial charge in [-0.15, -0.1) is 0 Å². The summed E-state index contributed by atoms with van der Waals surface area (Å²) in [6, 6.07) is 0. The van der Waals surface area contributed by atoms with Crippen molar-refractivity contribution in [2.45, 2.75) is 195 Å². The summed E-state index contributed by atoms with van der Waals surface area (Å²) in [6.45, 7) is 8.76. The van der Waals surface area contributed by atoms with Crippen molar-refractivity contribution in [2.24, 2.45) is 11.8 Å². The predicted molar refractivity (Wildman–Crippen MR) is 205 cm³/mol. The molecule has 288 valence electrons. The molecule has 0 amide bonds. The summed E-state index contributed by atoms with van der Waals surface area (Å²) in [4.78, 5) is 0. The Labute approximate surface area is 334 Å². The number of unbranched alkanes of at least 4 members (excludes halogenated alkanes) is 20. The third-order valence-electron chi connectivity index (χ3n) is 8.48. The Balaban J connectivity index is -0.000000846. The molecular weight excluding hydrogens is 689 g/mol. The summed E-state index contributed by atoms with van der Waals surface area (Å²) < 4.78 is 72.9. The van der Waals surface area contributed by atoms with Crippen molar-refractivity contribution in [2.75, 3.05) is 13.2 Å². The van der Waals surface area contributed by atoms with Crippen LogP contribution in [0, 0.1) is 11.8 Å². The number of hydrogen-bond acceptors (Lipinski definition) is 8. The van der Waals surface area contributed by atoms with E-state index in [2.05, 4.69) is 48.2 Å². The summed E-state index contributed by atoms with van der Waals surface area (Å²) in [5.74, 6) is 0.0473. The molecule has 0 spiro atoms. The van der Waals surface area contributed by atoms with Gasteiger partial charge in [0.15, 0.2) is 0 Å². The van der Waals surface area contributed by atoms with E-state index in [4.69, 9.17) is 0 Å². The van der Waals surface area contributed by atoms with Gasteiger partial charge < -0.3 is 9.11 Å². The molecule has 49 heavy (non-hydrogen) atoms. The maximum Gasteiger partial charge on any atom is 2.00 e. The van der Waals surface area contributed by atoms with Gasteiger partial charge in [-0.25, -0.2) is 16.8 Å². The Morgan fingerprint density at radius 1 is 0.449 bits per heavy atom. The minimum absolute atomic E-state index is 0. The van der Waals surface area contributed by atoms with Gasteiger partial charge in [-0.1, -0.05) is 180 Å². The molecule has 0 saturated carbocycles. The zero-order chi connectivity index (χ0) is 36.2. The zero-order valence-electron chi connectivity index (χ0n) is 32.1. The fourth-order valence-corrected chi connectivity index (χ4v) is 6.18. The summed E-state index contributed by atoms with van der Waals surface area (Å²) in [5.41, 5.74) is 0. The van der Waals surface area contributed by atoms with Crippen LogP contribution in [0.25, 0.3) is 0 Å². The van der Waals surface area contributed by atoms with Crippen LogP contribution in [0.1, 0.15) is 195 Å². The number of hydrogen-bond donors (Lipinski definition) is 0. The van der Waals surface area contributed by atoms with Crippen LogP contribution in [0.2, 0.25) is 0 Å². The van der Waals surface area contributed by atoms with Crippen LogP contribution in [0.5, 0.6) is 0 Å². The first-order valence-electron chi connectivity index (χ1n) is 19.5. The minimum atomic E-state index is -4.59. The van der Waals surface area contributed by atoms with Crippen molar-refractivity contribution in [3.05, 3.63) is 24.3 Å². The second kappa shape index (κ2) is 39.7. The molecule has 0 heterocycles. The summed E-state index contributed by atoms with van der Waals surface area (Å²) in [6.07, 6.45) is 39.0. The van der Waals surface area contributed by atoms with Crippen LogP contribution < -0.4 is 0 Å². The van der Waals surface area contributed by atoms with E-state index in [-0.39, 0.29) is 62.8 Å². The molecule has 0 rings (SSSR count). The summed E-state index contributed by atoms with van der Waals surface area (Å²) >= 11 is 0. The molecule has 0 aliphatic rings. The normalized spacial score (nSPS) is 13.3. The van der Waals surface area contributed by atoms with Gasteiger partial charge in [0.05, 0.1) is 13.2 Å². The molecule has 0 N–H and O–H groups in total. The molecule has 2 unspecified atom stereocenters. The quantitative estimate of drug-likeness (QED) is 0.0208. The molecule has 0 aromatic carbocycles. The van der Waals surface area contributed by atoms with Crippen molar-refractivity contribution in [1.29, 1.82) is 0 Å². The van der Waals surface area contributed by atoms with Crippen LogP contribution in [0.3, 0.4) is 0 Å². The van der Waals surface area contributed by atoms with Gasteiger partial charge in [-0.3, -0.25) is 8.37 Å². The fourth-order valence-electron chi connectivity index (χ4n) is 5.49. The predicted octanol–water partition coefficient (Wildman–Crippen LogP) is 11.1. The molecule has 0 saturated heterocycles. The Hall–Kier alpha value is 0.480. The first-order chi connectivity index (χ1) is 23.0. The van der Waals surface area contributed by atoms with Gasteiger partial charge in [-0.2, -0.15) is 0 Å². The van der Waals surface area contributed by atoms with E-state index in [1.54, 1.807) is 0 Å². The van der Waals surface area contributed by atoms with E-state index in [9.17, 15) is 25.9 Å². The van der Waals surface area contributed by atoms with Crippen molar-refractivity contribution in [3.8, 4) is 0 Å². The molecule has 0 bridgehead atoms. The molecular formula is C38H74CaO8S2. The molecule has 2 atom stereocenters. The molecule has 11 heteroatoms. The van der Waals surface area contributed by atoms with Crippen molar-refractivity contribution in [3.63, 3.8) is 0 Å². The molecule has 0 aliphatic heterocycles. The second-order valence-electron chi connectivity index (χ2n) is 13.3. The first-order valence-corrected chi connectivity index (χ1v) is 22.2. The zero-order valence-corrected chi connectivity index (χ0v) is 35.9. The molecule has 0 aliphatic carbocycles. The van der Waals surface area contributed by atoms with Gasteiger partial charge in [0.25, 0.3) is 0 Å². The van der Waals surface area contributed by atoms with Gasteiger partial charge in [0, 0.05) is 11.8 Å². The van der Waals surface area contributed by atoms with Crippen LogP contribution in [0.4, 0.5) is 0 Å². The maximum atomic E-state index is 10.7. The summed E-state index contributed by atoms with van der Waals surface area (Å²) in [7, 11) is -9.18. The van der Waals surface area contributed by atoms with Crippen molar-refractivity contribution < 1.29 is 34.3 Å². The van der Waals surface area contributed by atoms with Crippen LogP contribution in [-0.4, -0.2) is 76.9 Å². The molecule has 0 aromatic rings. The van der Waals surface area contributed by atoms with Gasteiger partial charge in [0.2, 0.25) is 20.8 Å². The van der Waals surface area contributed by atoms with E-state index in [1.165, 1.54) is 103 Å². The SMILES string of the molecule is CCCCCC/C=C/C(CCCCCCCCC)COS(=O)(=O)[O-].CCCCCC/C=C/C(CCCCCCCCC)COS(=O)(=O)[O-].[Ca+2]. The third-order valence-corrected chi connectivity index (χ3v) is 9.32. The first kappa shape index (κ1) is 53.8. The van der Waals surface area contributed by atoms with Crippen LogP contribution >= 0.6 is 0 Å². The van der Waals surface area contributed by atoms with E-state index >= 15 is 0 Å². The Bertz CT molecular complexity index is 863. The van der Waals surface area contributed by atoms with E-state index in [0.717, 1.165) is 64.2 Å². The van der Waals surface area contributed by atoms with Gasteiger partial charge >= 0.3 is 37.7 Å². The molecule has 8 nitrogen and oxygen atoms in total. The van der Waals surface area contributed by atoms with Crippen molar-refractivity contribution >= 4 is 58.5 Å². The average Bonchev–Trinajstić information content (AvgIpc) is 3.03. The van der Waals surface area contributed by atoms with Crippen LogP contribution in [0.15, 0.2) is 24.3 Å². The third kappa shape index (κ3) is 48.5. The Morgan fingerprint density at radius 3 is 1.00 bits per heavy atom. The van der Waals surface area contributed by atoms with Gasteiger partial charge in [-0.05, 0) is 38.5 Å². The van der Waals surface area contributed by atoms with Crippen LogP contribution in [-0.2, 0) is 29.2 Å². The van der Waals surface area contributed by atoms with Crippen molar-refractivity contribution in [1.82, 2.24) is 0 Å². The van der Waals surface area contributed by atoms with Gasteiger partial charge in [0.1, 0.15) is 0 Å². The topological polar surface area (TPSA) is 133 Å². The molecule has 0 aromatic heterocycles. The standard InChI is InChI=1S/2C19H38O4S.Ca/c2*1-3-5-7-9-11-13-15-17-19(18-23-24(20,21)22)16-14-12-10-8-6-4-2;/h2*14,16,19H,3-13,15,17-18H2,1-2H3,(H,20,21,22);/q;;+2/p-2/b2*16-14+;. The molecule has 0 fully saturated rings. The van der Waals surface area contributed by atoms with E-state index < -0.39 is 20.8 Å². The van der Waals surface area contributed by atoms with E-state index in [1.807, 2.05) is 12.2 Å². The average molecular weight is 763 g/mol. The Morgan fingerprint density at radius 2 is 0.714 bits per heavy atom. The minimum Gasteiger partial charge on any atom is -0.726 e. The largest absolute Gasteiger partial charge is 2.00 e. The smallest absolute Gasteiger partial charge is 0.726 e. The Kier molecular flexibility index (Phi) is 43.6. The summed E-state index contributed by atoms with van der Waals surface area (Å²) in [5, 5.41) is 0. The second-order valence-corrected chi connectivity index (χ2v) is 15.4. The van der Waals surface area contributed by atoms with E-state index in [0.29, 0.717) is 0 Å². The molecule has 0 radical (unpaired) electrons. The number of allylic oxidation sites excluding steroid dienone is 2. The maximum absolute atomic E-state index is 10.7. The number of rotatable bonds is 34.